The molecule has 0 saturated carbocycles. The van der Waals surface area contributed by atoms with Crippen LogP contribution in [0.25, 0.3) is 0 Å². The Labute approximate surface area is 95.7 Å². The molecule has 1 amide bonds. The summed E-state index contributed by atoms with van der Waals surface area (Å²) in [7, 11) is 0. The van der Waals surface area contributed by atoms with Gasteiger partial charge in [0.2, 0.25) is 0 Å². The van der Waals surface area contributed by atoms with Crippen molar-refractivity contribution in [3.8, 4) is 0 Å². The zero-order chi connectivity index (χ0) is 12.3. The van der Waals surface area contributed by atoms with E-state index in [4.69, 9.17) is 10.6 Å². The number of nitrogens with one attached hydrogen (secondary N) is 1. The van der Waals surface area contributed by atoms with Gasteiger partial charge in [0.1, 0.15) is 0 Å². The molecule has 0 aliphatic heterocycles. The topological polar surface area (TPSA) is 64.3 Å². The molecule has 16 heavy (non-hydrogen) atoms. The Balaban J connectivity index is 2.70. The fraction of sp³-hybridized carbons (Fsp3) is 0.417. The summed E-state index contributed by atoms with van der Waals surface area (Å²) in [4.78, 5) is 16.8. The minimum absolute atomic E-state index is 0.290. The molecule has 1 rings (SSSR count). The number of anilines is 1. The van der Waals surface area contributed by atoms with Gasteiger partial charge >= 0.3 is 0 Å². The van der Waals surface area contributed by atoms with Gasteiger partial charge in [-0.3, -0.25) is 9.63 Å². The lowest BCUT2D eigenvalue weighted by Crippen LogP contribution is -2.33. The van der Waals surface area contributed by atoms with E-state index in [-0.39, 0.29) is 5.91 Å². The highest BCUT2D eigenvalue weighted by atomic mass is 16.7. The number of hydrogen-bond acceptors (Lipinski definition) is 3. The third kappa shape index (κ3) is 3.55. The molecular formula is C12H18N2O2. The summed E-state index contributed by atoms with van der Waals surface area (Å²) >= 11 is 0. The van der Waals surface area contributed by atoms with E-state index in [2.05, 4.69) is 5.48 Å². The van der Waals surface area contributed by atoms with Gasteiger partial charge < -0.3 is 5.73 Å². The Morgan fingerprint density at radius 2 is 2.00 bits per heavy atom. The van der Waals surface area contributed by atoms with Crippen LogP contribution in [-0.2, 0) is 4.84 Å². The van der Waals surface area contributed by atoms with Crippen LogP contribution in [0.5, 0.6) is 0 Å². The largest absolute Gasteiger partial charge is 0.398 e. The minimum Gasteiger partial charge on any atom is -0.398 e. The summed E-state index contributed by atoms with van der Waals surface area (Å²) in [6.45, 7) is 7.47. The molecule has 1 aromatic carbocycles. The van der Waals surface area contributed by atoms with Crippen LogP contribution in [0.15, 0.2) is 18.2 Å². The average molecular weight is 222 g/mol. The lowest BCUT2D eigenvalue weighted by molar-refractivity contribution is -0.0589. The van der Waals surface area contributed by atoms with Gasteiger partial charge in [-0.1, -0.05) is 6.07 Å². The van der Waals surface area contributed by atoms with Crippen molar-refractivity contribution in [2.75, 3.05) is 5.73 Å². The fourth-order valence-electron chi connectivity index (χ4n) is 1.04. The smallest absolute Gasteiger partial charge is 0.274 e. The highest BCUT2D eigenvalue weighted by Gasteiger charge is 2.14. The second-order valence-electron chi connectivity index (χ2n) is 4.72. The van der Waals surface area contributed by atoms with Crippen LogP contribution >= 0.6 is 0 Å². The van der Waals surface area contributed by atoms with E-state index >= 15 is 0 Å². The van der Waals surface area contributed by atoms with Crippen LogP contribution < -0.4 is 11.2 Å². The van der Waals surface area contributed by atoms with Gasteiger partial charge in [0.25, 0.3) is 5.91 Å². The molecule has 0 atom stereocenters. The lowest BCUT2D eigenvalue weighted by Gasteiger charge is -2.19. The molecule has 0 aliphatic carbocycles. The van der Waals surface area contributed by atoms with E-state index in [0.29, 0.717) is 11.3 Å². The summed E-state index contributed by atoms with van der Waals surface area (Å²) in [6.07, 6.45) is 0. The maximum Gasteiger partial charge on any atom is 0.274 e. The number of nitrogen functional groups attached to an aromatic ring is 1. The molecule has 0 heterocycles. The van der Waals surface area contributed by atoms with Gasteiger partial charge in [0.15, 0.2) is 0 Å². The number of hydroxylamine groups is 1. The SMILES string of the molecule is Cc1ccc(C(=O)NOC(C)(C)C)cc1N. The van der Waals surface area contributed by atoms with Gasteiger partial charge in [-0.15, -0.1) is 0 Å². The predicted octanol–water partition coefficient (Wildman–Crippen LogP) is 2.04. The van der Waals surface area contributed by atoms with Crippen molar-refractivity contribution in [1.29, 1.82) is 0 Å². The number of amides is 1. The first-order valence-electron chi connectivity index (χ1n) is 5.14. The first kappa shape index (κ1) is 12.5. The summed E-state index contributed by atoms with van der Waals surface area (Å²) < 4.78 is 0. The second kappa shape index (κ2) is 4.53. The molecular weight excluding hydrogens is 204 g/mol. The number of benzene rings is 1. The molecule has 0 saturated heterocycles. The van der Waals surface area contributed by atoms with Crippen molar-refractivity contribution in [2.45, 2.75) is 33.3 Å². The highest BCUT2D eigenvalue weighted by molar-refractivity contribution is 5.94. The summed E-state index contributed by atoms with van der Waals surface area (Å²) in [5.74, 6) is -0.290. The number of carbonyl (C=O) groups excluding carboxylic acids is 1. The van der Waals surface area contributed by atoms with Crippen LogP contribution in [0, 0.1) is 6.92 Å². The zero-order valence-corrected chi connectivity index (χ0v) is 10.1. The molecule has 4 nitrogen and oxygen atoms in total. The van der Waals surface area contributed by atoms with E-state index in [1.165, 1.54) is 0 Å². The van der Waals surface area contributed by atoms with Crippen LogP contribution in [0.4, 0.5) is 5.69 Å². The Kier molecular flexibility index (Phi) is 3.55. The molecule has 0 spiro atoms. The van der Waals surface area contributed by atoms with E-state index in [1.54, 1.807) is 18.2 Å². The Hall–Kier alpha value is -1.55. The maximum absolute atomic E-state index is 11.7. The normalized spacial score (nSPS) is 11.2. The van der Waals surface area contributed by atoms with E-state index in [1.807, 2.05) is 27.7 Å². The Morgan fingerprint density at radius 3 is 2.50 bits per heavy atom. The van der Waals surface area contributed by atoms with Crippen molar-refractivity contribution in [3.05, 3.63) is 29.3 Å². The molecule has 0 fully saturated rings. The molecule has 0 bridgehead atoms. The van der Waals surface area contributed by atoms with Gasteiger partial charge in [0.05, 0.1) is 5.60 Å². The first-order valence-corrected chi connectivity index (χ1v) is 5.14. The third-order valence-electron chi connectivity index (χ3n) is 1.99. The predicted molar refractivity (Wildman–Crippen MR) is 63.9 cm³/mol. The number of hydrogen-bond donors (Lipinski definition) is 2. The quantitative estimate of drug-likeness (QED) is 0.594. The Morgan fingerprint density at radius 1 is 1.38 bits per heavy atom. The number of aryl methyl sites for hydroxylation is 1. The third-order valence-corrected chi connectivity index (χ3v) is 1.99. The first-order chi connectivity index (χ1) is 7.29. The number of carbonyl (C=O) groups is 1. The highest BCUT2D eigenvalue weighted by Crippen LogP contribution is 2.13. The van der Waals surface area contributed by atoms with Crippen molar-refractivity contribution >= 4 is 11.6 Å². The van der Waals surface area contributed by atoms with Crippen LogP contribution in [0.2, 0.25) is 0 Å². The van der Waals surface area contributed by atoms with E-state index in [0.717, 1.165) is 5.56 Å². The second-order valence-corrected chi connectivity index (χ2v) is 4.72. The average Bonchev–Trinajstić information content (AvgIpc) is 2.17. The monoisotopic (exact) mass is 222 g/mol. The Bertz CT molecular complexity index is 394. The standard InChI is InChI=1S/C12H18N2O2/c1-8-5-6-9(7-10(8)13)11(15)14-16-12(2,3)4/h5-7H,13H2,1-4H3,(H,14,15). The molecule has 88 valence electrons. The lowest BCUT2D eigenvalue weighted by atomic mass is 10.1. The van der Waals surface area contributed by atoms with Gasteiger partial charge in [-0.25, -0.2) is 5.48 Å². The molecule has 0 unspecified atom stereocenters. The van der Waals surface area contributed by atoms with E-state index in [9.17, 15) is 4.79 Å². The van der Waals surface area contributed by atoms with Gasteiger partial charge in [-0.05, 0) is 45.4 Å². The van der Waals surface area contributed by atoms with Crippen LogP contribution in [0.3, 0.4) is 0 Å². The number of nitrogens with two attached hydrogens (primary N) is 1. The molecule has 4 heteroatoms. The molecule has 0 radical (unpaired) electrons. The summed E-state index contributed by atoms with van der Waals surface area (Å²) in [5, 5.41) is 0. The fourth-order valence-corrected chi connectivity index (χ4v) is 1.04. The zero-order valence-electron chi connectivity index (χ0n) is 10.1. The van der Waals surface area contributed by atoms with Gasteiger partial charge in [-0.2, -0.15) is 0 Å². The van der Waals surface area contributed by atoms with Crippen molar-refractivity contribution in [1.82, 2.24) is 5.48 Å². The van der Waals surface area contributed by atoms with Crippen molar-refractivity contribution < 1.29 is 9.63 Å². The molecule has 3 N–H and O–H groups in total. The molecule has 0 aromatic heterocycles. The van der Waals surface area contributed by atoms with Gasteiger partial charge in [0, 0.05) is 11.3 Å². The summed E-state index contributed by atoms with van der Waals surface area (Å²) in [5.41, 5.74) is 9.75. The van der Waals surface area contributed by atoms with E-state index < -0.39 is 5.60 Å². The number of rotatable bonds is 2. The van der Waals surface area contributed by atoms with Crippen molar-refractivity contribution in [3.63, 3.8) is 0 Å². The van der Waals surface area contributed by atoms with Crippen LogP contribution in [0.1, 0.15) is 36.7 Å². The summed E-state index contributed by atoms with van der Waals surface area (Å²) in [6, 6.07) is 5.16. The molecule has 1 aromatic rings. The van der Waals surface area contributed by atoms with Crippen LogP contribution in [-0.4, -0.2) is 11.5 Å². The molecule has 0 aliphatic rings. The maximum atomic E-state index is 11.7. The minimum atomic E-state index is -0.411. The van der Waals surface area contributed by atoms with Crippen molar-refractivity contribution in [2.24, 2.45) is 0 Å².